The number of carbonyl (C=O) groups is 1. The second-order valence-corrected chi connectivity index (χ2v) is 5.58. The molecule has 0 aromatic heterocycles. The smallest absolute Gasteiger partial charge is 0.224 e. The molecule has 0 radical (unpaired) electrons. The summed E-state index contributed by atoms with van der Waals surface area (Å²) >= 11 is 5.77. The Morgan fingerprint density at radius 1 is 1.25 bits per heavy atom. The van der Waals surface area contributed by atoms with Crippen LogP contribution in [0, 0.1) is 5.41 Å². The van der Waals surface area contributed by atoms with E-state index in [1.807, 2.05) is 12.1 Å². The fourth-order valence-corrected chi connectivity index (χ4v) is 1.34. The minimum Gasteiger partial charge on any atom is -0.355 e. The van der Waals surface area contributed by atoms with E-state index in [0.717, 1.165) is 5.56 Å². The Morgan fingerprint density at radius 3 is 2.31 bits per heavy atom. The minimum atomic E-state index is 0.0530. The first kappa shape index (κ1) is 13.0. The zero-order valence-electron chi connectivity index (χ0n) is 10.0. The molecule has 1 rings (SSSR count). The summed E-state index contributed by atoms with van der Waals surface area (Å²) < 4.78 is 0. The first-order valence-corrected chi connectivity index (χ1v) is 5.76. The largest absolute Gasteiger partial charge is 0.355 e. The van der Waals surface area contributed by atoms with Gasteiger partial charge in [-0.3, -0.25) is 4.79 Å². The van der Waals surface area contributed by atoms with Crippen LogP contribution in [-0.2, 0) is 11.2 Å². The van der Waals surface area contributed by atoms with Crippen molar-refractivity contribution in [2.45, 2.75) is 27.2 Å². The van der Waals surface area contributed by atoms with E-state index in [0.29, 0.717) is 18.0 Å². The van der Waals surface area contributed by atoms with Gasteiger partial charge in [0.05, 0.1) is 6.42 Å². The van der Waals surface area contributed by atoms with Gasteiger partial charge in [0.2, 0.25) is 5.91 Å². The Balaban J connectivity index is 2.43. The predicted molar refractivity (Wildman–Crippen MR) is 67.6 cm³/mol. The van der Waals surface area contributed by atoms with Crippen molar-refractivity contribution in [3.05, 3.63) is 34.9 Å². The molecule has 0 atom stereocenters. The van der Waals surface area contributed by atoms with Crippen LogP contribution in [0.15, 0.2) is 24.3 Å². The normalized spacial score (nSPS) is 11.2. The van der Waals surface area contributed by atoms with Crippen molar-refractivity contribution in [2.24, 2.45) is 5.41 Å². The molecule has 16 heavy (non-hydrogen) atoms. The highest BCUT2D eigenvalue weighted by Crippen LogP contribution is 2.11. The molecule has 0 aliphatic heterocycles. The Morgan fingerprint density at radius 2 is 1.81 bits per heavy atom. The van der Waals surface area contributed by atoms with E-state index in [9.17, 15) is 4.79 Å². The maximum Gasteiger partial charge on any atom is 0.224 e. The van der Waals surface area contributed by atoms with Gasteiger partial charge in [-0.05, 0) is 23.1 Å². The van der Waals surface area contributed by atoms with Gasteiger partial charge in [-0.2, -0.15) is 0 Å². The predicted octanol–water partition coefficient (Wildman–Crippen LogP) is 3.04. The van der Waals surface area contributed by atoms with E-state index in [4.69, 9.17) is 11.6 Å². The first-order valence-electron chi connectivity index (χ1n) is 5.38. The van der Waals surface area contributed by atoms with Gasteiger partial charge in [-0.15, -0.1) is 0 Å². The SMILES string of the molecule is CC(C)(C)CNC(=O)Cc1ccc(Cl)cc1. The molecule has 0 unspecified atom stereocenters. The van der Waals surface area contributed by atoms with Gasteiger partial charge >= 0.3 is 0 Å². The number of benzene rings is 1. The Hall–Kier alpha value is -1.02. The molecule has 0 spiro atoms. The van der Waals surface area contributed by atoms with Crippen LogP contribution in [0.3, 0.4) is 0 Å². The molecule has 0 aliphatic rings. The topological polar surface area (TPSA) is 29.1 Å². The van der Waals surface area contributed by atoms with E-state index in [1.165, 1.54) is 0 Å². The number of halogens is 1. The zero-order valence-corrected chi connectivity index (χ0v) is 10.8. The van der Waals surface area contributed by atoms with Crippen molar-refractivity contribution in [3.63, 3.8) is 0 Å². The van der Waals surface area contributed by atoms with Crippen LogP contribution in [-0.4, -0.2) is 12.5 Å². The van der Waals surface area contributed by atoms with Crippen LogP contribution >= 0.6 is 11.6 Å². The van der Waals surface area contributed by atoms with E-state index >= 15 is 0 Å². The molecule has 0 saturated carbocycles. The standard InChI is InChI=1S/C13H18ClNO/c1-13(2,3)9-15-12(16)8-10-4-6-11(14)7-5-10/h4-7H,8-9H2,1-3H3,(H,15,16). The summed E-state index contributed by atoms with van der Waals surface area (Å²) in [4.78, 5) is 11.6. The second-order valence-electron chi connectivity index (χ2n) is 5.14. The lowest BCUT2D eigenvalue weighted by molar-refractivity contribution is -0.120. The van der Waals surface area contributed by atoms with Crippen LogP contribution in [0.1, 0.15) is 26.3 Å². The summed E-state index contributed by atoms with van der Waals surface area (Å²) in [7, 11) is 0. The fraction of sp³-hybridized carbons (Fsp3) is 0.462. The summed E-state index contributed by atoms with van der Waals surface area (Å²) in [6.45, 7) is 6.97. The average molecular weight is 240 g/mol. The van der Waals surface area contributed by atoms with Crippen LogP contribution in [0.2, 0.25) is 5.02 Å². The fourth-order valence-electron chi connectivity index (χ4n) is 1.21. The number of carbonyl (C=O) groups excluding carboxylic acids is 1. The highest BCUT2D eigenvalue weighted by atomic mass is 35.5. The summed E-state index contributed by atoms with van der Waals surface area (Å²) in [5, 5.41) is 3.61. The van der Waals surface area contributed by atoms with E-state index < -0.39 is 0 Å². The average Bonchev–Trinajstić information content (AvgIpc) is 2.18. The Labute approximate surface area is 102 Å². The molecule has 2 nitrogen and oxygen atoms in total. The van der Waals surface area contributed by atoms with Gasteiger partial charge in [0, 0.05) is 11.6 Å². The van der Waals surface area contributed by atoms with Crippen molar-refractivity contribution < 1.29 is 4.79 Å². The Bertz CT molecular complexity index is 351. The zero-order chi connectivity index (χ0) is 12.2. The molecule has 3 heteroatoms. The number of hydrogen-bond acceptors (Lipinski definition) is 1. The van der Waals surface area contributed by atoms with Crippen LogP contribution in [0.5, 0.6) is 0 Å². The quantitative estimate of drug-likeness (QED) is 0.863. The third-order valence-corrected chi connectivity index (χ3v) is 2.35. The van der Waals surface area contributed by atoms with Crippen molar-refractivity contribution in [1.29, 1.82) is 0 Å². The number of rotatable bonds is 3. The highest BCUT2D eigenvalue weighted by molar-refractivity contribution is 6.30. The molecule has 0 fully saturated rings. The number of hydrogen-bond donors (Lipinski definition) is 1. The molecule has 1 aromatic rings. The maximum atomic E-state index is 11.6. The molecule has 0 bridgehead atoms. The maximum absolute atomic E-state index is 11.6. The van der Waals surface area contributed by atoms with Crippen LogP contribution in [0.25, 0.3) is 0 Å². The van der Waals surface area contributed by atoms with Crippen molar-refractivity contribution in [2.75, 3.05) is 6.54 Å². The van der Waals surface area contributed by atoms with E-state index in [1.54, 1.807) is 12.1 Å². The van der Waals surface area contributed by atoms with Gasteiger partial charge < -0.3 is 5.32 Å². The van der Waals surface area contributed by atoms with Crippen LogP contribution < -0.4 is 5.32 Å². The van der Waals surface area contributed by atoms with Gasteiger partial charge in [0.15, 0.2) is 0 Å². The molecular weight excluding hydrogens is 222 g/mol. The lowest BCUT2D eigenvalue weighted by atomic mass is 9.97. The van der Waals surface area contributed by atoms with Crippen molar-refractivity contribution in [3.8, 4) is 0 Å². The second kappa shape index (κ2) is 5.35. The van der Waals surface area contributed by atoms with Gasteiger partial charge in [0.1, 0.15) is 0 Å². The molecule has 88 valence electrons. The third-order valence-electron chi connectivity index (χ3n) is 2.09. The van der Waals surface area contributed by atoms with Gasteiger partial charge in [-0.25, -0.2) is 0 Å². The monoisotopic (exact) mass is 239 g/mol. The lowest BCUT2D eigenvalue weighted by Crippen LogP contribution is -2.33. The molecule has 0 aliphatic carbocycles. The molecule has 1 amide bonds. The lowest BCUT2D eigenvalue weighted by Gasteiger charge is -2.18. The molecule has 0 heterocycles. The molecule has 1 N–H and O–H groups in total. The Kier molecular flexibility index (Phi) is 4.36. The summed E-state index contributed by atoms with van der Waals surface area (Å²) in [5.74, 6) is 0.0530. The van der Waals surface area contributed by atoms with Crippen molar-refractivity contribution in [1.82, 2.24) is 5.32 Å². The van der Waals surface area contributed by atoms with Gasteiger partial charge in [0.25, 0.3) is 0 Å². The molecular formula is C13H18ClNO. The van der Waals surface area contributed by atoms with Crippen LogP contribution in [0.4, 0.5) is 0 Å². The van der Waals surface area contributed by atoms with E-state index in [-0.39, 0.29) is 11.3 Å². The highest BCUT2D eigenvalue weighted by Gasteiger charge is 2.11. The van der Waals surface area contributed by atoms with Crippen molar-refractivity contribution >= 4 is 17.5 Å². The summed E-state index contributed by atoms with van der Waals surface area (Å²) in [6, 6.07) is 7.35. The summed E-state index contributed by atoms with van der Waals surface area (Å²) in [6.07, 6.45) is 0.410. The molecule has 1 aromatic carbocycles. The summed E-state index contributed by atoms with van der Waals surface area (Å²) in [5.41, 5.74) is 1.10. The first-order chi connectivity index (χ1) is 7.37. The minimum absolute atomic E-state index is 0.0530. The number of nitrogens with one attached hydrogen (secondary N) is 1. The molecule has 0 saturated heterocycles. The number of amides is 1. The van der Waals surface area contributed by atoms with Gasteiger partial charge in [-0.1, -0.05) is 44.5 Å². The van der Waals surface area contributed by atoms with E-state index in [2.05, 4.69) is 26.1 Å². The third kappa shape index (κ3) is 5.17.